The van der Waals surface area contributed by atoms with Crippen molar-refractivity contribution in [3.05, 3.63) is 287 Å². The van der Waals surface area contributed by atoms with Gasteiger partial charge in [-0.2, -0.15) is 0 Å². The number of hydrogen-bond donors (Lipinski definition) is 1. The number of ether oxygens (including phenoxy) is 7. The summed E-state index contributed by atoms with van der Waals surface area (Å²) in [5, 5.41) is 13.7. The molecule has 392 valence electrons. The molecule has 77 heavy (non-hydrogen) atoms. The fourth-order valence-electron chi connectivity index (χ4n) is 10.2. The third-order valence-corrected chi connectivity index (χ3v) is 17.5. The molecule has 0 saturated heterocycles. The van der Waals surface area contributed by atoms with Crippen LogP contribution in [0.15, 0.2) is 237 Å². The van der Waals surface area contributed by atoms with E-state index in [1.165, 1.54) is 0 Å². The summed E-state index contributed by atoms with van der Waals surface area (Å²) in [5.41, 5.74) is 7.42. The molecule has 0 amide bonds. The average Bonchev–Trinajstić information content (AvgIpc) is 3.52. The molecule has 9 aromatic carbocycles. The Labute approximate surface area is 461 Å². The summed E-state index contributed by atoms with van der Waals surface area (Å²) in [4.78, 5) is 0. The van der Waals surface area contributed by atoms with Gasteiger partial charge in [-0.25, -0.2) is 0 Å². The third kappa shape index (κ3) is 11.3. The van der Waals surface area contributed by atoms with E-state index in [2.05, 4.69) is 133 Å². The Hall–Kier alpha value is -7.60. The number of benzene rings is 9. The lowest BCUT2D eigenvalue weighted by molar-refractivity contribution is -0.0840. The molecule has 0 fully saturated rings. The van der Waals surface area contributed by atoms with Gasteiger partial charge in [0.25, 0.3) is 0 Å². The standard InChI is InChI=1S/C67H64O8S2/c1-69-57-34-22-49(23-35-57)65(48-16-10-7-11-17-48,50-24-36-58(70-2)37-25-50)75-64(47-77-67(52-20-14-9-15-21-52,55-30-42-61(73-5)43-31-55)56-32-44-62(74-6)45-33-56)63(68)46-76-66(51-18-12-8-13-19-51,53-26-38-59(71-3)39-27-53)54-28-40-60(72-4)41-29-54/h7-45,63-64,68H,46-47H2,1-6H3. The van der Waals surface area contributed by atoms with E-state index in [-0.39, 0.29) is 5.75 Å². The SMILES string of the molecule is COc1ccc(C(OC(CSC(c2ccccc2)(c2ccc(OC)cc2)c2ccc(OC)cc2)C(O)CSC(c2ccccc2)(c2ccc(OC)cc2)c2ccc(OC)cc2)(c2ccccc2)c2ccc(OC)cc2)cc1. The number of thioether (sulfide) groups is 2. The van der Waals surface area contributed by atoms with Gasteiger partial charge in [0.2, 0.25) is 0 Å². The van der Waals surface area contributed by atoms with Crippen LogP contribution in [-0.4, -0.2) is 71.5 Å². The quantitative estimate of drug-likeness (QED) is 0.0591. The van der Waals surface area contributed by atoms with Gasteiger partial charge in [0.15, 0.2) is 0 Å². The van der Waals surface area contributed by atoms with Gasteiger partial charge < -0.3 is 38.3 Å². The second kappa shape index (κ2) is 25.0. The van der Waals surface area contributed by atoms with Crippen molar-refractivity contribution in [2.75, 3.05) is 54.2 Å². The smallest absolute Gasteiger partial charge is 0.144 e. The third-order valence-electron chi connectivity index (χ3n) is 14.2. The largest absolute Gasteiger partial charge is 0.497 e. The molecule has 0 spiro atoms. The lowest BCUT2D eigenvalue weighted by Gasteiger charge is -2.43. The van der Waals surface area contributed by atoms with Crippen molar-refractivity contribution >= 4 is 23.5 Å². The Bertz CT molecular complexity index is 3070. The van der Waals surface area contributed by atoms with Crippen molar-refractivity contribution in [2.45, 2.75) is 27.3 Å². The van der Waals surface area contributed by atoms with E-state index in [0.717, 1.165) is 73.1 Å². The molecule has 0 aliphatic rings. The van der Waals surface area contributed by atoms with Crippen molar-refractivity contribution in [3.63, 3.8) is 0 Å². The van der Waals surface area contributed by atoms with Gasteiger partial charge in [-0.15, -0.1) is 23.5 Å². The van der Waals surface area contributed by atoms with Gasteiger partial charge in [0, 0.05) is 11.5 Å². The first-order valence-electron chi connectivity index (χ1n) is 25.4. The molecular weight excluding hydrogens is 997 g/mol. The normalized spacial score (nSPS) is 12.5. The summed E-state index contributed by atoms with van der Waals surface area (Å²) >= 11 is 3.38. The molecule has 0 radical (unpaired) electrons. The molecule has 10 heteroatoms. The molecule has 2 atom stereocenters. The van der Waals surface area contributed by atoms with Crippen molar-refractivity contribution in [3.8, 4) is 34.5 Å². The van der Waals surface area contributed by atoms with Crippen LogP contribution in [-0.2, 0) is 19.8 Å². The lowest BCUT2D eigenvalue weighted by Crippen LogP contribution is -2.45. The maximum Gasteiger partial charge on any atom is 0.144 e. The Balaban J connectivity index is 1.27. The first-order chi connectivity index (χ1) is 37.7. The van der Waals surface area contributed by atoms with Crippen molar-refractivity contribution < 1.29 is 38.3 Å². The highest BCUT2D eigenvalue weighted by Crippen LogP contribution is 2.53. The van der Waals surface area contributed by atoms with E-state index in [0.29, 0.717) is 17.3 Å². The molecule has 0 aromatic heterocycles. The number of hydrogen-bond acceptors (Lipinski definition) is 10. The Kier molecular flexibility index (Phi) is 17.6. The molecule has 9 aromatic rings. The van der Waals surface area contributed by atoms with Crippen LogP contribution in [0.5, 0.6) is 34.5 Å². The second-order valence-corrected chi connectivity index (χ2v) is 20.8. The molecule has 8 nitrogen and oxygen atoms in total. The van der Waals surface area contributed by atoms with Crippen molar-refractivity contribution in [2.24, 2.45) is 0 Å². The van der Waals surface area contributed by atoms with Gasteiger partial charge in [-0.3, -0.25) is 0 Å². The van der Waals surface area contributed by atoms with Gasteiger partial charge in [-0.05, 0) is 123 Å². The van der Waals surface area contributed by atoms with E-state index in [1.54, 1.807) is 66.2 Å². The summed E-state index contributed by atoms with van der Waals surface area (Å²) in [7, 11) is 10.0. The maximum absolute atomic E-state index is 13.7. The first-order valence-corrected chi connectivity index (χ1v) is 27.4. The molecule has 2 unspecified atom stereocenters. The van der Waals surface area contributed by atoms with E-state index in [4.69, 9.17) is 33.2 Å². The highest BCUT2D eigenvalue weighted by Gasteiger charge is 2.46. The molecule has 0 bridgehead atoms. The highest BCUT2D eigenvalue weighted by molar-refractivity contribution is 8.01. The fraction of sp³-hybridized carbons (Fsp3) is 0.194. The molecule has 0 saturated carbocycles. The molecule has 0 heterocycles. The van der Waals surface area contributed by atoms with E-state index < -0.39 is 27.3 Å². The van der Waals surface area contributed by atoms with Crippen LogP contribution in [0, 0.1) is 0 Å². The minimum Gasteiger partial charge on any atom is -0.497 e. The molecule has 0 aliphatic heterocycles. The van der Waals surface area contributed by atoms with Crippen LogP contribution in [0.25, 0.3) is 0 Å². The van der Waals surface area contributed by atoms with Gasteiger partial charge >= 0.3 is 0 Å². The van der Waals surface area contributed by atoms with E-state index >= 15 is 0 Å². The van der Waals surface area contributed by atoms with Crippen LogP contribution in [0.1, 0.15) is 50.1 Å². The zero-order chi connectivity index (χ0) is 53.7. The Morgan fingerprint density at radius 1 is 0.299 bits per heavy atom. The minimum atomic E-state index is -1.28. The summed E-state index contributed by atoms with van der Waals surface area (Å²) in [6, 6.07) is 80.3. The van der Waals surface area contributed by atoms with Crippen molar-refractivity contribution in [1.29, 1.82) is 0 Å². The highest BCUT2D eigenvalue weighted by atomic mass is 32.2. The summed E-state index contributed by atoms with van der Waals surface area (Å²) in [6.45, 7) is 0. The predicted molar refractivity (Wildman–Crippen MR) is 313 cm³/mol. The topological polar surface area (TPSA) is 84.8 Å². The maximum atomic E-state index is 13.7. The van der Waals surface area contributed by atoms with E-state index in [9.17, 15) is 5.11 Å². The van der Waals surface area contributed by atoms with Crippen molar-refractivity contribution in [1.82, 2.24) is 0 Å². The van der Waals surface area contributed by atoms with Gasteiger partial charge in [0.1, 0.15) is 40.1 Å². The molecule has 1 N–H and O–H groups in total. The minimum absolute atomic E-state index is 0.234. The second-order valence-electron chi connectivity index (χ2n) is 18.4. The Morgan fingerprint density at radius 3 is 0.792 bits per heavy atom. The monoisotopic (exact) mass is 1060 g/mol. The predicted octanol–water partition coefficient (Wildman–Crippen LogP) is 14.2. The molecular formula is C67H64O8S2. The molecule has 0 aliphatic carbocycles. The van der Waals surface area contributed by atoms with E-state index in [1.807, 2.05) is 103 Å². The average molecular weight is 1060 g/mol. The number of methoxy groups -OCH3 is 6. The first kappa shape index (κ1) is 54.2. The van der Waals surface area contributed by atoms with Crippen LogP contribution >= 0.6 is 23.5 Å². The summed E-state index contributed by atoms with van der Waals surface area (Å²) < 4.78 is 40.7. The summed E-state index contributed by atoms with van der Waals surface area (Å²) in [6.07, 6.45) is -1.96. The molecule has 9 rings (SSSR count). The number of aliphatic hydroxyl groups is 1. The van der Waals surface area contributed by atoms with Crippen LogP contribution in [0.2, 0.25) is 0 Å². The Morgan fingerprint density at radius 2 is 0.519 bits per heavy atom. The van der Waals surface area contributed by atoms with Gasteiger partial charge in [-0.1, -0.05) is 164 Å². The van der Waals surface area contributed by atoms with Crippen LogP contribution < -0.4 is 28.4 Å². The lowest BCUT2D eigenvalue weighted by atomic mass is 9.79. The van der Waals surface area contributed by atoms with Gasteiger partial charge in [0.05, 0.1) is 64.4 Å². The number of aliphatic hydroxyl groups excluding tert-OH is 1. The zero-order valence-corrected chi connectivity index (χ0v) is 45.8. The van der Waals surface area contributed by atoms with Crippen LogP contribution in [0.4, 0.5) is 0 Å². The summed E-state index contributed by atoms with van der Waals surface area (Å²) in [5.74, 6) is 4.91. The number of rotatable bonds is 24. The zero-order valence-electron chi connectivity index (χ0n) is 44.2. The fourth-order valence-corrected chi connectivity index (χ4v) is 13.3. The van der Waals surface area contributed by atoms with Crippen LogP contribution in [0.3, 0.4) is 0 Å².